The lowest BCUT2D eigenvalue weighted by Crippen LogP contribution is -2.22. The van der Waals surface area contributed by atoms with Gasteiger partial charge >= 0.3 is 5.97 Å². The van der Waals surface area contributed by atoms with Crippen LogP contribution in [0, 0.1) is 13.8 Å². The summed E-state index contributed by atoms with van der Waals surface area (Å²) in [7, 11) is 3.48. The number of carbonyl (C=O) groups excluding carboxylic acids is 1. The van der Waals surface area contributed by atoms with Crippen molar-refractivity contribution in [3.05, 3.63) is 70.7 Å². The number of nitrogens with zero attached hydrogens (tertiary/aromatic N) is 3. The van der Waals surface area contributed by atoms with Gasteiger partial charge in [-0.15, -0.1) is 0 Å². The van der Waals surface area contributed by atoms with E-state index in [9.17, 15) is 4.79 Å². The van der Waals surface area contributed by atoms with Gasteiger partial charge in [0.15, 0.2) is 0 Å². The molecule has 1 atom stereocenters. The smallest absolute Gasteiger partial charge is 0.355 e. The Morgan fingerprint density at radius 3 is 2.77 bits per heavy atom. The van der Waals surface area contributed by atoms with E-state index in [1.165, 1.54) is 23.8 Å². The molecule has 5 nitrogen and oxygen atoms in total. The number of rotatable bonds is 5. The third kappa shape index (κ3) is 3.48. The van der Waals surface area contributed by atoms with Crippen LogP contribution in [0.4, 0.5) is 0 Å². The van der Waals surface area contributed by atoms with Gasteiger partial charge in [-0.3, -0.25) is 9.30 Å². The molecule has 2 aromatic heterocycles. The first-order valence-corrected chi connectivity index (χ1v) is 8.73. The zero-order valence-corrected chi connectivity index (χ0v) is 16.0. The molecule has 2 heterocycles. The van der Waals surface area contributed by atoms with Crippen molar-refractivity contribution < 1.29 is 9.53 Å². The average Bonchev–Trinajstić information content (AvgIpc) is 3.04. The third-order valence-corrected chi connectivity index (χ3v) is 4.89. The number of esters is 1. The number of carbonyl (C=O) groups is 1. The van der Waals surface area contributed by atoms with Gasteiger partial charge in [0.2, 0.25) is 0 Å². The molecule has 1 unspecified atom stereocenters. The summed E-state index contributed by atoms with van der Waals surface area (Å²) in [6.45, 7) is 7.16. The highest BCUT2D eigenvalue weighted by atomic mass is 16.5. The Labute approximate surface area is 154 Å². The maximum atomic E-state index is 11.9. The fraction of sp³-hybridized carbons (Fsp3) is 0.333. The summed E-state index contributed by atoms with van der Waals surface area (Å²) in [6.07, 6.45) is 1.91. The number of pyridine rings is 1. The second kappa shape index (κ2) is 7.30. The number of fused-ring (bicyclic) bond motifs is 1. The second-order valence-electron chi connectivity index (χ2n) is 6.81. The molecule has 3 rings (SSSR count). The number of benzene rings is 1. The van der Waals surface area contributed by atoms with Crippen molar-refractivity contribution in [3.63, 3.8) is 0 Å². The largest absolute Gasteiger partial charge is 0.464 e. The topological polar surface area (TPSA) is 46.8 Å². The van der Waals surface area contributed by atoms with E-state index in [0.717, 1.165) is 11.3 Å². The maximum absolute atomic E-state index is 11.9. The van der Waals surface area contributed by atoms with Crippen LogP contribution >= 0.6 is 0 Å². The molecule has 0 aliphatic carbocycles. The summed E-state index contributed by atoms with van der Waals surface area (Å²) in [6, 6.07) is 12.3. The molecule has 5 heteroatoms. The molecule has 0 fully saturated rings. The molecule has 26 heavy (non-hydrogen) atoms. The highest BCUT2D eigenvalue weighted by Gasteiger charge is 2.17. The van der Waals surface area contributed by atoms with Gasteiger partial charge in [0, 0.05) is 18.8 Å². The average molecular weight is 351 g/mol. The van der Waals surface area contributed by atoms with Crippen molar-refractivity contribution in [2.24, 2.45) is 0 Å². The molecule has 0 amide bonds. The third-order valence-electron chi connectivity index (χ3n) is 4.89. The van der Waals surface area contributed by atoms with E-state index < -0.39 is 0 Å². The van der Waals surface area contributed by atoms with Gasteiger partial charge in [-0.1, -0.05) is 29.8 Å². The molecule has 0 N–H and O–H groups in total. The number of aromatic nitrogens is 2. The predicted molar refractivity (Wildman–Crippen MR) is 102 cm³/mol. The minimum Gasteiger partial charge on any atom is -0.464 e. The van der Waals surface area contributed by atoms with Crippen LogP contribution in [0.1, 0.15) is 45.8 Å². The van der Waals surface area contributed by atoms with Crippen molar-refractivity contribution in [1.82, 2.24) is 14.3 Å². The maximum Gasteiger partial charge on any atom is 0.355 e. The first-order valence-electron chi connectivity index (χ1n) is 8.73. The van der Waals surface area contributed by atoms with Gasteiger partial charge in [-0.05, 0) is 51.1 Å². The zero-order chi connectivity index (χ0) is 18.8. The molecule has 3 aromatic rings. The van der Waals surface area contributed by atoms with Crippen LogP contribution < -0.4 is 0 Å². The van der Waals surface area contributed by atoms with E-state index in [4.69, 9.17) is 4.74 Å². The molecule has 0 radical (unpaired) electrons. The summed E-state index contributed by atoms with van der Waals surface area (Å²) in [5, 5.41) is 0. The summed E-state index contributed by atoms with van der Waals surface area (Å²) in [5.74, 6) is -0.364. The van der Waals surface area contributed by atoms with Crippen LogP contribution in [0.5, 0.6) is 0 Å². The SMILES string of the molecule is COC(=O)c1cccc2nc(CN(C)C(C)c3cc(C)ccc3C)cn12. The summed E-state index contributed by atoms with van der Waals surface area (Å²) in [4.78, 5) is 18.9. The second-order valence-corrected chi connectivity index (χ2v) is 6.81. The molecular weight excluding hydrogens is 326 g/mol. The normalized spacial score (nSPS) is 12.5. The minimum absolute atomic E-state index is 0.264. The zero-order valence-electron chi connectivity index (χ0n) is 16.0. The number of hydrogen-bond acceptors (Lipinski definition) is 4. The molecule has 0 aliphatic heterocycles. The molecule has 0 aliphatic rings. The Morgan fingerprint density at radius 2 is 2.04 bits per heavy atom. The van der Waals surface area contributed by atoms with Gasteiger partial charge in [-0.2, -0.15) is 0 Å². The minimum atomic E-state index is -0.364. The molecule has 1 aromatic carbocycles. The van der Waals surface area contributed by atoms with E-state index in [1.807, 2.05) is 18.3 Å². The monoisotopic (exact) mass is 351 g/mol. The van der Waals surface area contributed by atoms with Gasteiger partial charge in [0.25, 0.3) is 0 Å². The lowest BCUT2D eigenvalue weighted by molar-refractivity contribution is 0.0592. The van der Waals surface area contributed by atoms with Crippen molar-refractivity contribution in [2.75, 3.05) is 14.2 Å². The van der Waals surface area contributed by atoms with Gasteiger partial charge in [0.05, 0.1) is 12.8 Å². The van der Waals surface area contributed by atoms with Crippen molar-refractivity contribution >= 4 is 11.6 Å². The van der Waals surface area contributed by atoms with Crippen LogP contribution in [0.25, 0.3) is 5.65 Å². The van der Waals surface area contributed by atoms with Crippen LogP contribution in [0.3, 0.4) is 0 Å². The molecule has 136 valence electrons. The highest BCUT2D eigenvalue weighted by molar-refractivity contribution is 5.88. The predicted octanol–water partition coefficient (Wildman–Crippen LogP) is 3.93. The highest BCUT2D eigenvalue weighted by Crippen LogP contribution is 2.25. The Bertz CT molecular complexity index is 946. The number of ether oxygens (including phenoxy) is 1. The summed E-state index contributed by atoms with van der Waals surface area (Å²) < 4.78 is 6.65. The quantitative estimate of drug-likeness (QED) is 0.654. The van der Waals surface area contributed by atoms with Crippen LogP contribution in [-0.4, -0.2) is 34.4 Å². The standard InChI is InChI=1S/C21H25N3O2/c1-14-9-10-15(2)18(11-14)16(3)23(4)12-17-13-24-19(21(25)26-5)7-6-8-20(24)22-17/h6-11,13,16H,12H2,1-5H3. The Balaban J connectivity index is 1.86. The molecule has 0 saturated carbocycles. The van der Waals surface area contributed by atoms with Gasteiger partial charge < -0.3 is 4.74 Å². The van der Waals surface area contributed by atoms with Gasteiger partial charge in [-0.25, -0.2) is 9.78 Å². The Morgan fingerprint density at radius 1 is 1.27 bits per heavy atom. The summed E-state index contributed by atoms with van der Waals surface area (Å²) >= 11 is 0. The van der Waals surface area contributed by atoms with Crippen molar-refractivity contribution in [1.29, 1.82) is 0 Å². The first-order chi connectivity index (χ1) is 12.4. The molecule has 0 saturated heterocycles. The molecule has 0 spiro atoms. The number of aryl methyl sites for hydroxylation is 2. The summed E-state index contributed by atoms with van der Waals surface area (Å²) in [5.41, 5.74) is 6.02. The number of imidazole rings is 1. The van der Waals surface area contributed by atoms with Crippen LogP contribution in [0.2, 0.25) is 0 Å². The van der Waals surface area contributed by atoms with Gasteiger partial charge in [0.1, 0.15) is 11.3 Å². The molecule has 0 bridgehead atoms. The lowest BCUT2D eigenvalue weighted by atomic mass is 9.99. The fourth-order valence-corrected chi connectivity index (χ4v) is 3.25. The van der Waals surface area contributed by atoms with E-state index in [-0.39, 0.29) is 12.0 Å². The van der Waals surface area contributed by atoms with Crippen molar-refractivity contribution in [3.8, 4) is 0 Å². The van der Waals surface area contributed by atoms with E-state index >= 15 is 0 Å². The first kappa shape index (κ1) is 18.1. The van der Waals surface area contributed by atoms with E-state index in [0.29, 0.717) is 12.2 Å². The fourth-order valence-electron chi connectivity index (χ4n) is 3.25. The Hall–Kier alpha value is -2.66. The number of hydrogen-bond donors (Lipinski definition) is 0. The Kier molecular flexibility index (Phi) is 5.09. The number of methoxy groups -OCH3 is 1. The van der Waals surface area contributed by atoms with E-state index in [2.05, 4.69) is 55.9 Å². The van der Waals surface area contributed by atoms with Crippen molar-refractivity contribution in [2.45, 2.75) is 33.4 Å². The van der Waals surface area contributed by atoms with Crippen LogP contribution in [0.15, 0.2) is 42.6 Å². The van der Waals surface area contributed by atoms with Crippen LogP contribution in [-0.2, 0) is 11.3 Å². The van der Waals surface area contributed by atoms with E-state index in [1.54, 1.807) is 10.5 Å². The molecular formula is C21H25N3O2. The lowest BCUT2D eigenvalue weighted by Gasteiger charge is -2.26.